The van der Waals surface area contributed by atoms with E-state index < -0.39 is 0 Å². The van der Waals surface area contributed by atoms with E-state index in [-0.39, 0.29) is 0 Å². The average molecular weight is 271 g/mol. The minimum absolute atomic E-state index is 0.334. The number of hydrogen-bond acceptors (Lipinski definition) is 4. The van der Waals surface area contributed by atoms with Crippen molar-refractivity contribution >= 4 is 17.4 Å². The van der Waals surface area contributed by atoms with Gasteiger partial charge in [-0.2, -0.15) is 0 Å². The predicted molar refractivity (Wildman–Crippen MR) is 77.3 cm³/mol. The molecule has 0 saturated carbocycles. The number of nitrogens with one attached hydrogen (secondary N) is 1. The first kappa shape index (κ1) is 15.2. The van der Waals surface area contributed by atoms with E-state index in [1.807, 2.05) is 0 Å². The van der Waals surface area contributed by atoms with Crippen LogP contribution in [0.25, 0.3) is 0 Å². The van der Waals surface area contributed by atoms with Crippen LogP contribution < -0.4 is 5.32 Å². The highest BCUT2D eigenvalue weighted by Crippen LogP contribution is 2.20. The van der Waals surface area contributed by atoms with E-state index in [9.17, 15) is 0 Å². The van der Waals surface area contributed by atoms with Gasteiger partial charge in [-0.25, -0.2) is 9.97 Å². The van der Waals surface area contributed by atoms with Gasteiger partial charge >= 0.3 is 0 Å². The van der Waals surface area contributed by atoms with Crippen molar-refractivity contribution in [1.82, 2.24) is 14.9 Å². The Balaban J connectivity index is 2.69. The molecule has 1 aromatic rings. The van der Waals surface area contributed by atoms with E-state index in [0.29, 0.717) is 11.2 Å². The number of rotatable bonds is 7. The Morgan fingerprint density at radius 2 is 1.94 bits per heavy atom. The van der Waals surface area contributed by atoms with E-state index in [0.717, 1.165) is 37.4 Å². The van der Waals surface area contributed by atoms with Gasteiger partial charge in [-0.15, -0.1) is 0 Å². The van der Waals surface area contributed by atoms with E-state index in [2.05, 4.69) is 47.9 Å². The van der Waals surface area contributed by atoms with Crippen molar-refractivity contribution in [1.29, 1.82) is 0 Å². The maximum Gasteiger partial charge on any atom is 0.137 e. The minimum Gasteiger partial charge on any atom is -0.366 e. The zero-order chi connectivity index (χ0) is 13.5. The lowest BCUT2D eigenvalue weighted by molar-refractivity contribution is 0.294. The first-order valence-electron chi connectivity index (χ1n) is 6.60. The summed E-state index contributed by atoms with van der Waals surface area (Å²) in [5, 5.41) is 3.97. The highest BCUT2D eigenvalue weighted by molar-refractivity contribution is 6.30. The summed E-state index contributed by atoms with van der Waals surface area (Å²) in [6.07, 6.45) is 2.34. The summed E-state index contributed by atoms with van der Waals surface area (Å²) in [6, 6.07) is 0.334. The molecule has 0 bridgehead atoms. The van der Waals surface area contributed by atoms with E-state index >= 15 is 0 Å². The van der Waals surface area contributed by atoms with Crippen LogP contribution in [0.5, 0.6) is 0 Å². The van der Waals surface area contributed by atoms with Crippen molar-refractivity contribution in [2.75, 3.05) is 25.0 Å². The molecule has 0 aromatic carbocycles. The Hall–Kier alpha value is -0.870. The minimum atomic E-state index is 0.334. The molecule has 0 fully saturated rings. The zero-order valence-corrected chi connectivity index (χ0v) is 12.5. The van der Waals surface area contributed by atoms with Crippen LogP contribution in [-0.2, 0) is 6.42 Å². The second kappa shape index (κ2) is 7.54. The van der Waals surface area contributed by atoms with Crippen molar-refractivity contribution < 1.29 is 0 Å². The van der Waals surface area contributed by atoms with Gasteiger partial charge in [0.1, 0.15) is 17.3 Å². The van der Waals surface area contributed by atoms with Crippen LogP contribution in [0.15, 0.2) is 6.33 Å². The topological polar surface area (TPSA) is 41.1 Å². The van der Waals surface area contributed by atoms with Crippen molar-refractivity contribution in [3.05, 3.63) is 17.0 Å². The fourth-order valence-corrected chi connectivity index (χ4v) is 2.24. The number of likely N-dealkylation sites (N-methyl/N-ethyl adjacent to an activating group) is 1. The molecule has 1 atom stereocenters. The van der Waals surface area contributed by atoms with Gasteiger partial charge in [0.05, 0.1) is 0 Å². The summed E-state index contributed by atoms with van der Waals surface area (Å²) in [4.78, 5) is 10.7. The van der Waals surface area contributed by atoms with Crippen LogP contribution in [0.3, 0.4) is 0 Å². The Kier molecular flexibility index (Phi) is 6.36. The Labute approximate surface area is 115 Å². The van der Waals surface area contributed by atoms with Crippen molar-refractivity contribution in [2.24, 2.45) is 0 Å². The Morgan fingerprint density at radius 3 is 2.50 bits per heavy atom. The quantitative estimate of drug-likeness (QED) is 0.774. The molecule has 0 spiro atoms. The second-order valence-corrected chi connectivity index (χ2v) is 4.73. The molecule has 1 rings (SSSR count). The zero-order valence-electron chi connectivity index (χ0n) is 11.7. The number of hydrogen-bond donors (Lipinski definition) is 1. The Bertz CT molecular complexity index is 366. The van der Waals surface area contributed by atoms with Crippen LogP contribution in [0.2, 0.25) is 5.15 Å². The molecule has 0 radical (unpaired) electrons. The molecule has 1 unspecified atom stereocenters. The van der Waals surface area contributed by atoms with Crippen LogP contribution in [0.4, 0.5) is 5.82 Å². The second-order valence-electron chi connectivity index (χ2n) is 4.38. The fraction of sp³-hybridized carbons (Fsp3) is 0.692. The lowest BCUT2D eigenvalue weighted by atomic mass is 10.2. The Morgan fingerprint density at radius 1 is 1.28 bits per heavy atom. The molecule has 1 heterocycles. The first-order valence-corrected chi connectivity index (χ1v) is 6.98. The summed E-state index contributed by atoms with van der Waals surface area (Å²) < 4.78 is 0. The molecule has 5 heteroatoms. The monoisotopic (exact) mass is 270 g/mol. The smallest absolute Gasteiger partial charge is 0.137 e. The highest BCUT2D eigenvalue weighted by atomic mass is 35.5. The summed E-state index contributed by atoms with van der Waals surface area (Å²) in [5.74, 6) is 0.858. The number of halogens is 1. The normalized spacial score (nSPS) is 12.8. The van der Waals surface area contributed by atoms with Crippen LogP contribution >= 0.6 is 11.6 Å². The molecule has 0 aliphatic carbocycles. The van der Waals surface area contributed by atoms with Gasteiger partial charge in [0.25, 0.3) is 0 Å². The first-order chi connectivity index (χ1) is 8.62. The molecule has 102 valence electrons. The van der Waals surface area contributed by atoms with Crippen LogP contribution in [0.1, 0.15) is 33.3 Å². The van der Waals surface area contributed by atoms with Gasteiger partial charge < -0.3 is 10.2 Å². The fourth-order valence-electron chi connectivity index (χ4n) is 1.98. The average Bonchev–Trinajstić information content (AvgIpc) is 2.36. The number of anilines is 1. The lowest BCUT2D eigenvalue weighted by Gasteiger charge is -2.24. The predicted octanol–water partition coefficient (Wildman–Crippen LogP) is 2.83. The van der Waals surface area contributed by atoms with Gasteiger partial charge in [0.15, 0.2) is 0 Å². The lowest BCUT2D eigenvalue weighted by Crippen LogP contribution is -2.35. The SMILES string of the molecule is CCc1c(Cl)ncnc1NC(C)CN(CC)CC. The molecule has 1 aromatic heterocycles. The molecule has 0 amide bonds. The largest absolute Gasteiger partial charge is 0.366 e. The van der Waals surface area contributed by atoms with Gasteiger partial charge in [-0.1, -0.05) is 32.4 Å². The highest BCUT2D eigenvalue weighted by Gasteiger charge is 2.12. The van der Waals surface area contributed by atoms with Gasteiger partial charge in [-0.05, 0) is 26.4 Å². The molecule has 0 aliphatic heterocycles. The number of nitrogens with zero attached hydrogens (tertiary/aromatic N) is 3. The van der Waals surface area contributed by atoms with Crippen molar-refractivity contribution in [2.45, 2.75) is 40.2 Å². The van der Waals surface area contributed by atoms with E-state index in [4.69, 9.17) is 11.6 Å². The third kappa shape index (κ3) is 4.10. The third-order valence-corrected chi connectivity index (χ3v) is 3.38. The molecule has 18 heavy (non-hydrogen) atoms. The summed E-state index contributed by atoms with van der Waals surface area (Å²) in [7, 11) is 0. The summed E-state index contributed by atoms with van der Waals surface area (Å²) >= 11 is 6.07. The van der Waals surface area contributed by atoms with Gasteiger partial charge in [0.2, 0.25) is 0 Å². The van der Waals surface area contributed by atoms with Crippen LogP contribution in [0, 0.1) is 0 Å². The van der Waals surface area contributed by atoms with Gasteiger partial charge in [-0.3, -0.25) is 0 Å². The molecule has 0 aliphatic rings. The standard InChI is InChI=1S/C13H23ClN4/c1-5-11-12(14)15-9-16-13(11)17-10(4)8-18(6-2)7-3/h9-10H,5-8H2,1-4H3,(H,15,16,17). The van der Waals surface area contributed by atoms with Gasteiger partial charge in [0, 0.05) is 18.2 Å². The summed E-state index contributed by atoms with van der Waals surface area (Å²) in [6.45, 7) is 11.7. The van der Waals surface area contributed by atoms with Crippen molar-refractivity contribution in [3.63, 3.8) is 0 Å². The maximum absolute atomic E-state index is 6.07. The summed E-state index contributed by atoms with van der Waals surface area (Å²) in [5.41, 5.74) is 0.991. The van der Waals surface area contributed by atoms with E-state index in [1.54, 1.807) is 0 Å². The molecular weight excluding hydrogens is 248 g/mol. The third-order valence-electron chi connectivity index (χ3n) is 3.06. The van der Waals surface area contributed by atoms with E-state index in [1.165, 1.54) is 6.33 Å². The number of aromatic nitrogens is 2. The molecule has 1 N–H and O–H groups in total. The van der Waals surface area contributed by atoms with Crippen LogP contribution in [-0.4, -0.2) is 40.5 Å². The van der Waals surface area contributed by atoms with Crippen molar-refractivity contribution in [3.8, 4) is 0 Å². The molecular formula is C13H23ClN4. The maximum atomic E-state index is 6.07. The molecule has 0 saturated heterocycles. The molecule has 4 nitrogen and oxygen atoms in total.